The molecule has 4 N–H and O–H groups in total. The van der Waals surface area contributed by atoms with Gasteiger partial charge in [0.15, 0.2) is 0 Å². The molecular weight excluding hydrogens is 582 g/mol. The maximum Gasteiger partial charge on any atom is 0.222 e. The third-order valence-electron chi connectivity index (χ3n) is 10.2. The van der Waals surface area contributed by atoms with Crippen molar-refractivity contribution in [2.75, 3.05) is 6.61 Å². The molecule has 0 saturated heterocycles. The molecule has 5 heteroatoms. The molecule has 0 radical (unpaired) electrons. The van der Waals surface area contributed by atoms with Crippen molar-refractivity contribution in [1.29, 1.82) is 0 Å². The standard InChI is InChI=1S/C42H85NO4/c1-3-5-7-9-11-13-15-16-17-18-19-20-21-22-23-24-26-27-29-31-33-35-39(45)37-42(47)43-40(38-44)41(46)36-34-32-30-28-25-14-12-10-8-6-4-2/h39-41,44-46H,3-38H2,1-2H3,(H,43,47). The number of amides is 1. The SMILES string of the molecule is CCCCCCCCCCCCCCCCCCCCCCCC(O)CC(=O)NC(CO)C(O)CCCCCCCCCCCCC. The fourth-order valence-electron chi connectivity index (χ4n) is 6.88. The van der Waals surface area contributed by atoms with Crippen LogP contribution in [0.25, 0.3) is 0 Å². The molecule has 0 bridgehead atoms. The Bertz CT molecular complexity index is 615. The van der Waals surface area contributed by atoms with Crippen LogP contribution in [-0.4, -0.2) is 46.1 Å². The summed E-state index contributed by atoms with van der Waals surface area (Å²) in [5.41, 5.74) is 0. The summed E-state index contributed by atoms with van der Waals surface area (Å²) in [6.07, 6.45) is 42.1. The Morgan fingerprint density at radius 1 is 0.447 bits per heavy atom. The Morgan fingerprint density at radius 2 is 0.723 bits per heavy atom. The molecule has 282 valence electrons. The summed E-state index contributed by atoms with van der Waals surface area (Å²) in [5, 5.41) is 33.3. The van der Waals surface area contributed by atoms with Gasteiger partial charge in [-0.15, -0.1) is 0 Å². The zero-order valence-corrected chi connectivity index (χ0v) is 31.9. The number of carbonyl (C=O) groups excluding carboxylic acids is 1. The van der Waals surface area contributed by atoms with Gasteiger partial charge in [-0.25, -0.2) is 0 Å². The van der Waals surface area contributed by atoms with Gasteiger partial charge in [0, 0.05) is 0 Å². The molecule has 3 atom stereocenters. The van der Waals surface area contributed by atoms with Crippen LogP contribution >= 0.6 is 0 Å². The van der Waals surface area contributed by atoms with Crippen molar-refractivity contribution in [2.45, 2.75) is 257 Å². The van der Waals surface area contributed by atoms with E-state index in [9.17, 15) is 20.1 Å². The fourth-order valence-corrected chi connectivity index (χ4v) is 6.88. The van der Waals surface area contributed by atoms with Crippen molar-refractivity contribution in [3.63, 3.8) is 0 Å². The molecule has 0 saturated carbocycles. The average Bonchev–Trinajstić information content (AvgIpc) is 3.06. The summed E-state index contributed by atoms with van der Waals surface area (Å²) in [6.45, 7) is 4.26. The van der Waals surface area contributed by atoms with E-state index in [1.807, 2.05) is 0 Å². The minimum atomic E-state index is -0.742. The van der Waals surface area contributed by atoms with E-state index in [1.54, 1.807) is 0 Å². The van der Waals surface area contributed by atoms with Crippen molar-refractivity contribution in [3.05, 3.63) is 0 Å². The first kappa shape index (κ1) is 46.4. The second-order valence-corrected chi connectivity index (χ2v) is 15.0. The van der Waals surface area contributed by atoms with Crippen molar-refractivity contribution in [1.82, 2.24) is 5.32 Å². The number of nitrogens with one attached hydrogen (secondary N) is 1. The molecule has 0 aliphatic rings. The number of hydrogen-bond donors (Lipinski definition) is 4. The Balaban J connectivity index is 3.54. The highest BCUT2D eigenvalue weighted by atomic mass is 16.3. The topological polar surface area (TPSA) is 89.8 Å². The molecule has 0 fully saturated rings. The lowest BCUT2D eigenvalue weighted by molar-refractivity contribution is -0.125. The third kappa shape index (κ3) is 35.0. The molecule has 47 heavy (non-hydrogen) atoms. The van der Waals surface area contributed by atoms with Crippen LogP contribution in [0.15, 0.2) is 0 Å². The van der Waals surface area contributed by atoms with Gasteiger partial charge in [0.05, 0.1) is 31.3 Å². The Labute approximate surface area is 294 Å². The summed E-state index contributed by atoms with van der Waals surface area (Å²) in [6, 6.07) is -0.651. The van der Waals surface area contributed by atoms with Gasteiger partial charge in [-0.3, -0.25) is 4.79 Å². The van der Waals surface area contributed by atoms with Gasteiger partial charge in [-0.2, -0.15) is 0 Å². The predicted octanol–water partition coefficient (Wildman–Crippen LogP) is 11.9. The maximum absolute atomic E-state index is 12.4. The third-order valence-corrected chi connectivity index (χ3v) is 10.2. The van der Waals surface area contributed by atoms with E-state index >= 15 is 0 Å². The van der Waals surface area contributed by atoms with Crippen LogP contribution in [0.2, 0.25) is 0 Å². The van der Waals surface area contributed by atoms with E-state index in [1.165, 1.54) is 180 Å². The zero-order chi connectivity index (χ0) is 34.5. The van der Waals surface area contributed by atoms with Gasteiger partial charge in [-0.1, -0.05) is 219 Å². The number of carbonyl (C=O) groups is 1. The van der Waals surface area contributed by atoms with Gasteiger partial charge in [0.2, 0.25) is 5.91 Å². The highest BCUT2D eigenvalue weighted by Gasteiger charge is 2.21. The smallest absolute Gasteiger partial charge is 0.222 e. The number of unbranched alkanes of at least 4 members (excludes halogenated alkanes) is 30. The zero-order valence-electron chi connectivity index (χ0n) is 31.9. The number of aliphatic hydroxyl groups excluding tert-OH is 3. The van der Waals surface area contributed by atoms with Crippen LogP contribution in [-0.2, 0) is 4.79 Å². The van der Waals surface area contributed by atoms with E-state index in [4.69, 9.17) is 0 Å². The molecule has 0 aliphatic carbocycles. The second-order valence-electron chi connectivity index (χ2n) is 15.0. The van der Waals surface area contributed by atoms with Crippen molar-refractivity contribution >= 4 is 5.91 Å². The first-order chi connectivity index (χ1) is 23.0. The summed E-state index contributed by atoms with van der Waals surface area (Å²) in [4.78, 5) is 12.4. The lowest BCUT2D eigenvalue weighted by atomic mass is 10.0. The molecule has 0 aromatic rings. The normalized spacial score (nSPS) is 13.6. The molecule has 5 nitrogen and oxygen atoms in total. The van der Waals surface area contributed by atoms with Gasteiger partial charge < -0.3 is 20.6 Å². The van der Waals surface area contributed by atoms with Gasteiger partial charge in [0.25, 0.3) is 0 Å². The lowest BCUT2D eigenvalue weighted by Crippen LogP contribution is -2.46. The van der Waals surface area contributed by atoms with Gasteiger partial charge >= 0.3 is 0 Å². The summed E-state index contributed by atoms with van der Waals surface area (Å²) in [5.74, 6) is -0.280. The second kappa shape index (κ2) is 38.2. The van der Waals surface area contributed by atoms with E-state index in [2.05, 4.69) is 19.2 Å². The van der Waals surface area contributed by atoms with Crippen molar-refractivity contribution in [2.24, 2.45) is 0 Å². The Morgan fingerprint density at radius 3 is 1.02 bits per heavy atom. The summed E-state index contributed by atoms with van der Waals surface area (Å²) in [7, 11) is 0. The van der Waals surface area contributed by atoms with E-state index in [0.717, 1.165) is 25.7 Å². The molecule has 0 aliphatic heterocycles. The van der Waals surface area contributed by atoms with E-state index in [0.29, 0.717) is 12.8 Å². The predicted molar refractivity (Wildman–Crippen MR) is 204 cm³/mol. The highest BCUT2D eigenvalue weighted by Crippen LogP contribution is 2.17. The Kier molecular flexibility index (Phi) is 37.6. The van der Waals surface area contributed by atoms with Gasteiger partial charge in [-0.05, 0) is 12.8 Å². The number of rotatable bonds is 39. The first-order valence-corrected chi connectivity index (χ1v) is 21.3. The fraction of sp³-hybridized carbons (Fsp3) is 0.976. The lowest BCUT2D eigenvalue weighted by Gasteiger charge is -2.23. The molecule has 1 amide bonds. The molecule has 0 aromatic carbocycles. The van der Waals surface area contributed by atoms with Crippen molar-refractivity contribution in [3.8, 4) is 0 Å². The molecule has 0 heterocycles. The van der Waals surface area contributed by atoms with Crippen LogP contribution in [0.4, 0.5) is 0 Å². The molecule has 0 spiro atoms. The molecular formula is C42H85NO4. The first-order valence-electron chi connectivity index (χ1n) is 21.3. The van der Waals surface area contributed by atoms with Crippen LogP contribution in [0, 0.1) is 0 Å². The van der Waals surface area contributed by atoms with E-state index in [-0.39, 0.29) is 18.9 Å². The molecule has 3 unspecified atom stereocenters. The van der Waals surface area contributed by atoms with Crippen LogP contribution in [0.5, 0.6) is 0 Å². The minimum absolute atomic E-state index is 0.0425. The number of hydrogen-bond acceptors (Lipinski definition) is 4. The average molecular weight is 668 g/mol. The monoisotopic (exact) mass is 668 g/mol. The quantitative estimate of drug-likeness (QED) is 0.0491. The highest BCUT2D eigenvalue weighted by molar-refractivity contribution is 5.76. The number of aliphatic hydroxyl groups is 3. The molecule has 0 rings (SSSR count). The maximum atomic E-state index is 12.4. The summed E-state index contributed by atoms with van der Waals surface area (Å²) >= 11 is 0. The minimum Gasteiger partial charge on any atom is -0.394 e. The molecule has 0 aromatic heterocycles. The van der Waals surface area contributed by atoms with E-state index < -0.39 is 18.2 Å². The van der Waals surface area contributed by atoms with Crippen LogP contribution < -0.4 is 5.32 Å². The largest absolute Gasteiger partial charge is 0.394 e. The van der Waals surface area contributed by atoms with Crippen molar-refractivity contribution < 1.29 is 20.1 Å². The van der Waals surface area contributed by atoms with Crippen LogP contribution in [0.3, 0.4) is 0 Å². The van der Waals surface area contributed by atoms with Crippen LogP contribution in [0.1, 0.15) is 239 Å². The summed E-state index contributed by atoms with van der Waals surface area (Å²) < 4.78 is 0. The van der Waals surface area contributed by atoms with Gasteiger partial charge in [0.1, 0.15) is 0 Å². The Hall–Kier alpha value is -0.650.